The fraction of sp³-hybridized carbons (Fsp3) is 0.571. The maximum absolute atomic E-state index is 11.9. The second-order valence-corrected chi connectivity index (χ2v) is 5.07. The fourth-order valence-electron chi connectivity index (χ4n) is 2.36. The predicted octanol–water partition coefficient (Wildman–Crippen LogP) is 0.956. The maximum atomic E-state index is 11.9. The highest BCUT2D eigenvalue weighted by atomic mass is 16.3. The van der Waals surface area contributed by atoms with Gasteiger partial charge in [-0.15, -0.1) is 0 Å². The molecule has 2 rings (SSSR count). The molecule has 5 heteroatoms. The zero-order valence-electron chi connectivity index (χ0n) is 11.3. The third kappa shape index (κ3) is 3.67. The van der Waals surface area contributed by atoms with E-state index in [4.69, 9.17) is 5.11 Å². The van der Waals surface area contributed by atoms with E-state index in [1.165, 1.54) is 5.56 Å². The zero-order valence-corrected chi connectivity index (χ0v) is 11.3. The molecule has 104 valence electrons. The first-order chi connectivity index (χ1) is 9.20. The van der Waals surface area contributed by atoms with Gasteiger partial charge in [0.15, 0.2) is 0 Å². The van der Waals surface area contributed by atoms with Gasteiger partial charge in [-0.1, -0.05) is 0 Å². The van der Waals surface area contributed by atoms with E-state index in [-0.39, 0.29) is 18.6 Å². The van der Waals surface area contributed by atoms with Crippen LogP contribution in [0.2, 0.25) is 0 Å². The first kappa shape index (κ1) is 13.8. The van der Waals surface area contributed by atoms with E-state index < -0.39 is 0 Å². The largest absolute Gasteiger partial charge is 0.396 e. The molecule has 2 N–H and O–H groups in total. The molecule has 1 fully saturated rings. The number of likely N-dealkylation sites (tertiary alicyclic amines) is 1. The van der Waals surface area contributed by atoms with Gasteiger partial charge in [-0.05, 0) is 37.0 Å². The topological polar surface area (TPSA) is 65.5 Å². The summed E-state index contributed by atoms with van der Waals surface area (Å²) in [6.45, 7) is 4.22. The Balaban J connectivity index is 1.74. The van der Waals surface area contributed by atoms with Crippen LogP contribution in [0.3, 0.4) is 0 Å². The second-order valence-electron chi connectivity index (χ2n) is 5.07. The molecule has 19 heavy (non-hydrogen) atoms. The van der Waals surface area contributed by atoms with Crippen molar-refractivity contribution in [3.63, 3.8) is 0 Å². The van der Waals surface area contributed by atoms with Gasteiger partial charge in [0.25, 0.3) is 0 Å². The lowest BCUT2D eigenvalue weighted by molar-refractivity contribution is 0.198. The molecule has 0 spiro atoms. The highest BCUT2D eigenvalue weighted by molar-refractivity contribution is 5.74. The Kier molecular flexibility index (Phi) is 4.74. The molecule has 0 aliphatic carbocycles. The Morgan fingerprint density at radius 3 is 3.16 bits per heavy atom. The molecular formula is C14H21N3O2. The van der Waals surface area contributed by atoms with Crippen molar-refractivity contribution in [2.75, 3.05) is 26.2 Å². The molecule has 0 radical (unpaired) electrons. The summed E-state index contributed by atoms with van der Waals surface area (Å²) in [5, 5.41) is 12.0. The van der Waals surface area contributed by atoms with E-state index >= 15 is 0 Å². The molecule has 2 heterocycles. The SMILES string of the molecule is Cc1cnccc1CCNC(=O)N1CCC(CO)C1. The number of aliphatic hydroxyl groups excluding tert-OH is 1. The van der Waals surface area contributed by atoms with Crippen LogP contribution in [0.4, 0.5) is 4.79 Å². The third-order valence-corrected chi connectivity index (χ3v) is 3.64. The van der Waals surface area contributed by atoms with E-state index in [2.05, 4.69) is 10.3 Å². The van der Waals surface area contributed by atoms with Crippen LogP contribution < -0.4 is 5.32 Å². The van der Waals surface area contributed by atoms with Crippen LogP contribution in [0.5, 0.6) is 0 Å². The van der Waals surface area contributed by atoms with Crippen LogP contribution in [-0.2, 0) is 6.42 Å². The molecule has 1 unspecified atom stereocenters. The van der Waals surface area contributed by atoms with Gasteiger partial charge < -0.3 is 15.3 Å². The lowest BCUT2D eigenvalue weighted by atomic mass is 10.1. The molecule has 5 nitrogen and oxygen atoms in total. The van der Waals surface area contributed by atoms with Crippen molar-refractivity contribution in [1.29, 1.82) is 0 Å². The van der Waals surface area contributed by atoms with Gasteiger partial charge in [-0.3, -0.25) is 4.98 Å². The number of amides is 2. The van der Waals surface area contributed by atoms with Gasteiger partial charge in [0.1, 0.15) is 0 Å². The Bertz CT molecular complexity index is 436. The summed E-state index contributed by atoms with van der Waals surface area (Å²) in [6.07, 6.45) is 5.32. The molecule has 0 aromatic carbocycles. The van der Waals surface area contributed by atoms with Gasteiger partial charge in [0, 0.05) is 44.6 Å². The fourth-order valence-corrected chi connectivity index (χ4v) is 2.36. The number of nitrogens with one attached hydrogen (secondary N) is 1. The molecule has 1 saturated heterocycles. The smallest absolute Gasteiger partial charge is 0.317 e. The average molecular weight is 263 g/mol. The number of aryl methyl sites for hydroxylation is 1. The lowest BCUT2D eigenvalue weighted by Crippen LogP contribution is -2.39. The number of nitrogens with zero attached hydrogens (tertiary/aromatic N) is 2. The number of rotatable bonds is 4. The molecule has 1 aromatic rings. The summed E-state index contributed by atoms with van der Waals surface area (Å²) in [6, 6.07) is 1.96. The van der Waals surface area contributed by atoms with E-state index in [0.29, 0.717) is 13.1 Å². The van der Waals surface area contributed by atoms with Crippen molar-refractivity contribution < 1.29 is 9.90 Å². The molecule has 1 aliphatic heterocycles. The molecule has 1 aromatic heterocycles. The summed E-state index contributed by atoms with van der Waals surface area (Å²) >= 11 is 0. The molecule has 0 saturated carbocycles. The number of hydrogen-bond acceptors (Lipinski definition) is 3. The number of carbonyl (C=O) groups is 1. The van der Waals surface area contributed by atoms with Crippen molar-refractivity contribution in [3.05, 3.63) is 29.6 Å². The monoisotopic (exact) mass is 263 g/mol. The summed E-state index contributed by atoms with van der Waals surface area (Å²) in [5.74, 6) is 0.244. The van der Waals surface area contributed by atoms with E-state index in [0.717, 1.165) is 24.9 Å². The molecule has 1 aliphatic rings. The molecule has 0 bridgehead atoms. The van der Waals surface area contributed by atoms with Crippen LogP contribution in [0.25, 0.3) is 0 Å². The number of pyridine rings is 1. The summed E-state index contributed by atoms with van der Waals surface area (Å²) in [7, 11) is 0. The number of hydrogen-bond donors (Lipinski definition) is 2. The molecular weight excluding hydrogens is 242 g/mol. The maximum Gasteiger partial charge on any atom is 0.317 e. The van der Waals surface area contributed by atoms with Crippen molar-refractivity contribution in [2.24, 2.45) is 5.92 Å². The summed E-state index contributed by atoms with van der Waals surface area (Å²) < 4.78 is 0. The van der Waals surface area contributed by atoms with Crippen LogP contribution in [0, 0.1) is 12.8 Å². The van der Waals surface area contributed by atoms with E-state index in [1.54, 1.807) is 11.1 Å². The Hall–Kier alpha value is -1.62. The Morgan fingerprint density at radius 2 is 2.47 bits per heavy atom. The van der Waals surface area contributed by atoms with E-state index in [1.807, 2.05) is 19.2 Å². The average Bonchev–Trinajstić information content (AvgIpc) is 2.90. The Morgan fingerprint density at radius 1 is 1.63 bits per heavy atom. The number of aliphatic hydroxyl groups is 1. The number of urea groups is 1. The van der Waals surface area contributed by atoms with Gasteiger partial charge >= 0.3 is 6.03 Å². The van der Waals surface area contributed by atoms with Crippen molar-refractivity contribution in [3.8, 4) is 0 Å². The Labute approximate surface area is 113 Å². The van der Waals surface area contributed by atoms with Crippen LogP contribution in [-0.4, -0.2) is 47.3 Å². The second kappa shape index (κ2) is 6.52. The quantitative estimate of drug-likeness (QED) is 0.850. The minimum atomic E-state index is -0.0253. The van der Waals surface area contributed by atoms with Crippen LogP contribution in [0.1, 0.15) is 17.5 Å². The highest BCUT2D eigenvalue weighted by Gasteiger charge is 2.25. The highest BCUT2D eigenvalue weighted by Crippen LogP contribution is 2.15. The normalized spacial score (nSPS) is 18.6. The minimum Gasteiger partial charge on any atom is -0.396 e. The molecule has 1 atom stereocenters. The van der Waals surface area contributed by atoms with E-state index in [9.17, 15) is 4.79 Å². The van der Waals surface area contributed by atoms with Crippen molar-refractivity contribution in [2.45, 2.75) is 19.8 Å². The lowest BCUT2D eigenvalue weighted by Gasteiger charge is -2.17. The number of carbonyl (C=O) groups excluding carboxylic acids is 1. The summed E-state index contributed by atoms with van der Waals surface area (Å²) in [5.41, 5.74) is 2.36. The van der Waals surface area contributed by atoms with Gasteiger partial charge in [-0.25, -0.2) is 4.79 Å². The summed E-state index contributed by atoms with van der Waals surface area (Å²) in [4.78, 5) is 17.7. The van der Waals surface area contributed by atoms with Crippen LogP contribution in [0.15, 0.2) is 18.5 Å². The minimum absolute atomic E-state index is 0.0253. The first-order valence-electron chi connectivity index (χ1n) is 6.74. The van der Waals surface area contributed by atoms with Crippen molar-refractivity contribution in [1.82, 2.24) is 15.2 Å². The van der Waals surface area contributed by atoms with Crippen molar-refractivity contribution >= 4 is 6.03 Å². The molecule has 2 amide bonds. The predicted molar refractivity (Wildman–Crippen MR) is 72.8 cm³/mol. The first-order valence-corrected chi connectivity index (χ1v) is 6.74. The van der Waals surface area contributed by atoms with Gasteiger partial charge in [0.2, 0.25) is 0 Å². The van der Waals surface area contributed by atoms with Gasteiger partial charge in [0.05, 0.1) is 0 Å². The van der Waals surface area contributed by atoms with Crippen LogP contribution >= 0.6 is 0 Å². The zero-order chi connectivity index (χ0) is 13.7. The number of aromatic nitrogens is 1. The third-order valence-electron chi connectivity index (χ3n) is 3.64. The standard InChI is InChI=1S/C14H21N3O2/c1-11-8-15-5-2-13(11)3-6-16-14(19)17-7-4-12(9-17)10-18/h2,5,8,12,18H,3-4,6-7,9-10H2,1H3,(H,16,19). The van der Waals surface area contributed by atoms with Gasteiger partial charge in [-0.2, -0.15) is 0 Å².